The van der Waals surface area contributed by atoms with Crippen molar-refractivity contribution in [1.29, 1.82) is 0 Å². The van der Waals surface area contributed by atoms with E-state index in [9.17, 15) is 4.79 Å². The van der Waals surface area contributed by atoms with Crippen LogP contribution in [0.2, 0.25) is 0 Å². The van der Waals surface area contributed by atoms with E-state index in [1.807, 2.05) is 7.05 Å². The number of hydrogen-bond donors (Lipinski definition) is 2. The molecule has 0 radical (unpaired) electrons. The van der Waals surface area contributed by atoms with Crippen LogP contribution >= 0.6 is 0 Å². The van der Waals surface area contributed by atoms with Crippen molar-refractivity contribution < 1.29 is 9.90 Å². The zero-order valence-electron chi connectivity index (χ0n) is 11.8. The first kappa shape index (κ1) is 14.1. The Balaban J connectivity index is 2.16. The van der Waals surface area contributed by atoms with Gasteiger partial charge in [-0.2, -0.15) is 0 Å². The summed E-state index contributed by atoms with van der Waals surface area (Å²) in [5, 5.41) is 12.3. The predicted octanol–water partition coefficient (Wildman–Crippen LogP) is 2.94. The monoisotopic (exact) mass is 261 g/mol. The third-order valence-electron chi connectivity index (χ3n) is 4.13. The molecule has 3 nitrogen and oxygen atoms in total. The van der Waals surface area contributed by atoms with Crippen LogP contribution in [-0.2, 0) is 17.6 Å². The van der Waals surface area contributed by atoms with Gasteiger partial charge in [0.2, 0.25) is 0 Å². The highest BCUT2D eigenvalue weighted by molar-refractivity contribution is 5.69. The van der Waals surface area contributed by atoms with Crippen molar-refractivity contribution in [3.05, 3.63) is 34.9 Å². The first-order valence-electron chi connectivity index (χ1n) is 7.13. The fraction of sp³-hybridized carbons (Fsp3) is 0.562. The lowest BCUT2D eigenvalue weighted by Gasteiger charge is -2.22. The van der Waals surface area contributed by atoms with Gasteiger partial charge in [-0.05, 0) is 55.8 Å². The zero-order chi connectivity index (χ0) is 13.8. The van der Waals surface area contributed by atoms with Crippen molar-refractivity contribution in [3.63, 3.8) is 0 Å². The van der Waals surface area contributed by atoms with Crippen molar-refractivity contribution in [3.8, 4) is 0 Å². The summed E-state index contributed by atoms with van der Waals surface area (Å²) in [6.45, 7) is 1.77. The summed E-state index contributed by atoms with van der Waals surface area (Å²) in [7, 11) is 1.90. The SMILES string of the molecule is CNC(CC(C)C(=O)O)c1ccc2c(c1)CCCC2. The van der Waals surface area contributed by atoms with Crippen LogP contribution in [0.25, 0.3) is 0 Å². The van der Waals surface area contributed by atoms with Gasteiger partial charge in [0.15, 0.2) is 0 Å². The van der Waals surface area contributed by atoms with Gasteiger partial charge in [-0.1, -0.05) is 25.1 Å². The third-order valence-corrected chi connectivity index (χ3v) is 4.13. The van der Waals surface area contributed by atoms with Gasteiger partial charge in [0.1, 0.15) is 0 Å². The Bertz CT molecular complexity index is 456. The van der Waals surface area contributed by atoms with Gasteiger partial charge in [-0.25, -0.2) is 0 Å². The maximum Gasteiger partial charge on any atom is 0.306 e. The molecule has 3 heteroatoms. The average molecular weight is 261 g/mol. The van der Waals surface area contributed by atoms with Crippen molar-refractivity contribution in [2.45, 2.75) is 45.1 Å². The molecule has 0 fully saturated rings. The smallest absolute Gasteiger partial charge is 0.306 e. The number of carboxylic acids is 1. The Hall–Kier alpha value is -1.35. The summed E-state index contributed by atoms with van der Waals surface area (Å²) in [6.07, 6.45) is 5.54. The largest absolute Gasteiger partial charge is 0.481 e. The van der Waals surface area contributed by atoms with E-state index in [2.05, 4.69) is 23.5 Å². The number of fused-ring (bicyclic) bond motifs is 1. The van der Waals surface area contributed by atoms with Crippen molar-refractivity contribution in [2.75, 3.05) is 7.05 Å². The second kappa shape index (κ2) is 6.20. The predicted molar refractivity (Wildman–Crippen MR) is 76.3 cm³/mol. The van der Waals surface area contributed by atoms with Crippen LogP contribution in [0, 0.1) is 5.92 Å². The fourth-order valence-electron chi connectivity index (χ4n) is 2.85. The molecule has 0 aliphatic heterocycles. The van der Waals surface area contributed by atoms with E-state index in [1.54, 1.807) is 6.92 Å². The minimum absolute atomic E-state index is 0.123. The van der Waals surface area contributed by atoms with Gasteiger partial charge in [-0.3, -0.25) is 4.79 Å². The van der Waals surface area contributed by atoms with Gasteiger partial charge in [0.25, 0.3) is 0 Å². The summed E-state index contributed by atoms with van der Waals surface area (Å²) in [6, 6.07) is 6.77. The molecule has 2 atom stereocenters. The van der Waals surface area contributed by atoms with Gasteiger partial charge >= 0.3 is 5.97 Å². The standard InChI is InChI=1S/C16H23NO2/c1-11(16(18)19)9-15(17-2)14-8-7-12-5-3-4-6-13(12)10-14/h7-8,10-11,15,17H,3-6,9H2,1-2H3,(H,18,19). The van der Waals surface area contributed by atoms with Crippen molar-refractivity contribution >= 4 is 5.97 Å². The Kier molecular flexibility index (Phi) is 4.59. The minimum Gasteiger partial charge on any atom is -0.481 e. The van der Waals surface area contributed by atoms with Crippen LogP contribution in [0.1, 0.15) is 48.9 Å². The molecule has 0 saturated heterocycles. The minimum atomic E-state index is -0.724. The highest BCUT2D eigenvalue weighted by atomic mass is 16.4. The topological polar surface area (TPSA) is 49.3 Å². The molecule has 0 saturated carbocycles. The second-order valence-electron chi connectivity index (χ2n) is 5.55. The Morgan fingerprint density at radius 2 is 2.00 bits per heavy atom. The fourth-order valence-corrected chi connectivity index (χ4v) is 2.85. The summed E-state index contributed by atoms with van der Waals surface area (Å²) in [4.78, 5) is 11.0. The molecular formula is C16H23NO2. The van der Waals surface area contributed by atoms with E-state index >= 15 is 0 Å². The average Bonchev–Trinajstić information content (AvgIpc) is 2.43. The first-order chi connectivity index (χ1) is 9.11. The number of aliphatic carboxylic acids is 1. The number of rotatable bonds is 5. The molecule has 2 rings (SSSR count). The van der Waals surface area contributed by atoms with E-state index in [4.69, 9.17) is 5.11 Å². The Labute approximate surface area is 115 Å². The third kappa shape index (κ3) is 3.35. The molecule has 1 aliphatic rings. The molecule has 104 valence electrons. The van der Waals surface area contributed by atoms with Crippen molar-refractivity contribution in [1.82, 2.24) is 5.32 Å². The first-order valence-corrected chi connectivity index (χ1v) is 7.13. The van der Waals surface area contributed by atoms with E-state index in [-0.39, 0.29) is 12.0 Å². The van der Waals surface area contributed by atoms with Gasteiger partial charge in [-0.15, -0.1) is 0 Å². The number of hydrogen-bond acceptors (Lipinski definition) is 2. The second-order valence-corrected chi connectivity index (χ2v) is 5.55. The zero-order valence-corrected chi connectivity index (χ0v) is 11.8. The maximum absolute atomic E-state index is 11.0. The summed E-state index contributed by atoms with van der Waals surface area (Å²) in [5.74, 6) is -1.05. The number of carbonyl (C=O) groups is 1. The number of carboxylic acid groups (broad SMARTS) is 1. The quantitative estimate of drug-likeness (QED) is 0.856. The molecule has 0 amide bonds. The van der Waals surface area contributed by atoms with Crippen LogP contribution < -0.4 is 5.32 Å². The number of aryl methyl sites for hydroxylation is 2. The summed E-state index contributed by atoms with van der Waals surface area (Å²) < 4.78 is 0. The molecule has 0 bridgehead atoms. The van der Waals surface area contributed by atoms with E-state index in [0.29, 0.717) is 6.42 Å². The summed E-state index contributed by atoms with van der Waals surface area (Å²) >= 11 is 0. The van der Waals surface area contributed by atoms with Crippen LogP contribution in [0.4, 0.5) is 0 Å². The van der Waals surface area contributed by atoms with Gasteiger partial charge < -0.3 is 10.4 Å². The highest BCUT2D eigenvalue weighted by Gasteiger charge is 2.19. The highest BCUT2D eigenvalue weighted by Crippen LogP contribution is 2.27. The lowest BCUT2D eigenvalue weighted by Crippen LogP contribution is -2.22. The summed E-state index contributed by atoms with van der Waals surface area (Å²) in [5.41, 5.74) is 4.14. The van der Waals surface area contributed by atoms with Gasteiger partial charge in [0.05, 0.1) is 5.92 Å². The van der Waals surface area contributed by atoms with E-state index in [0.717, 1.165) is 6.42 Å². The Morgan fingerprint density at radius 1 is 1.32 bits per heavy atom. The van der Waals surface area contributed by atoms with Crippen LogP contribution in [-0.4, -0.2) is 18.1 Å². The van der Waals surface area contributed by atoms with E-state index in [1.165, 1.54) is 36.0 Å². The molecule has 0 aromatic heterocycles. The van der Waals surface area contributed by atoms with Crippen molar-refractivity contribution in [2.24, 2.45) is 5.92 Å². The van der Waals surface area contributed by atoms with E-state index < -0.39 is 5.97 Å². The molecule has 1 aromatic rings. The number of benzene rings is 1. The molecule has 0 spiro atoms. The Morgan fingerprint density at radius 3 is 2.63 bits per heavy atom. The van der Waals surface area contributed by atoms with Gasteiger partial charge in [0, 0.05) is 6.04 Å². The molecule has 2 N–H and O–H groups in total. The van der Waals surface area contributed by atoms with Crippen LogP contribution in [0.3, 0.4) is 0 Å². The number of nitrogens with one attached hydrogen (secondary N) is 1. The molecule has 2 unspecified atom stereocenters. The lowest BCUT2D eigenvalue weighted by molar-refractivity contribution is -0.141. The van der Waals surface area contributed by atoms with Crippen LogP contribution in [0.15, 0.2) is 18.2 Å². The molecule has 19 heavy (non-hydrogen) atoms. The molecule has 0 heterocycles. The normalized spacial score (nSPS) is 17.6. The maximum atomic E-state index is 11.0. The lowest BCUT2D eigenvalue weighted by atomic mass is 9.87. The molecule has 1 aromatic carbocycles. The molecular weight excluding hydrogens is 238 g/mol. The molecule has 1 aliphatic carbocycles. The van der Waals surface area contributed by atoms with Crippen LogP contribution in [0.5, 0.6) is 0 Å².